The number of nitriles is 1. The van der Waals surface area contributed by atoms with Crippen molar-refractivity contribution in [2.45, 2.75) is 20.0 Å². The monoisotopic (exact) mass is 433 g/mol. The van der Waals surface area contributed by atoms with Crippen LogP contribution < -0.4 is 14.9 Å². The summed E-state index contributed by atoms with van der Waals surface area (Å²) in [4.78, 5) is 12.0. The summed E-state index contributed by atoms with van der Waals surface area (Å²) in [5.41, 5.74) is 2.81. The number of hydrogen-bond acceptors (Lipinski definition) is 5. The third-order valence-electron chi connectivity index (χ3n) is 3.36. The van der Waals surface area contributed by atoms with E-state index in [4.69, 9.17) is 14.7 Å². The Morgan fingerprint density at radius 2 is 2.07 bits per heavy atom. The first-order valence-corrected chi connectivity index (χ1v) is 8.72. The lowest BCUT2D eigenvalue weighted by molar-refractivity contribution is 0.0951. The number of nitrogens with zero attached hydrogens (tertiary/aromatic N) is 2. The van der Waals surface area contributed by atoms with Crippen LogP contribution in [0.3, 0.4) is 0 Å². The molecule has 0 aliphatic rings. The SMILES string of the molecule is COc1cc(/C=N/NC(=O)c2ccc(C#N)cc2F)c(Br)cc1OC(C)C. The van der Waals surface area contributed by atoms with Gasteiger partial charge in [-0.15, -0.1) is 0 Å². The number of carbonyl (C=O) groups excluding carboxylic acids is 1. The first kappa shape index (κ1) is 20.4. The van der Waals surface area contributed by atoms with Crippen LogP contribution in [0.25, 0.3) is 0 Å². The first-order chi connectivity index (χ1) is 12.8. The number of amides is 1. The van der Waals surface area contributed by atoms with Crippen molar-refractivity contribution in [3.05, 3.63) is 57.3 Å². The van der Waals surface area contributed by atoms with Crippen molar-refractivity contribution in [1.82, 2.24) is 5.43 Å². The lowest BCUT2D eigenvalue weighted by atomic mass is 10.1. The van der Waals surface area contributed by atoms with Crippen LogP contribution in [-0.4, -0.2) is 25.3 Å². The predicted octanol–water partition coefficient (Wildman–Crippen LogP) is 4.02. The number of rotatable bonds is 6. The highest BCUT2D eigenvalue weighted by Crippen LogP contribution is 2.33. The van der Waals surface area contributed by atoms with E-state index in [2.05, 4.69) is 26.5 Å². The summed E-state index contributed by atoms with van der Waals surface area (Å²) in [5, 5.41) is 12.6. The van der Waals surface area contributed by atoms with Crippen LogP contribution in [0.2, 0.25) is 0 Å². The fraction of sp³-hybridized carbons (Fsp3) is 0.211. The molecule has 0 aliphatic heterocycles. The summed E-state index contributed by atoms with van der Waals surface area (Å²) in [5.74, 6) is -0.436. The Morgan fingerprint density at radius 3 is 2.67 bits per heavy atom. The van der Waals surface area contributed by atoms with Gasteiger partial charge in [0.25, 0.3) is 5.91 Å². The molecule has 2 aromatic carbocycles. The summed E-state index contributed by atoms with van der Waals surface area (Å²) in [6.07, 6.45) is 1.37. The van der Waals surface area contributed by atoms with E-state index in [-0.39, 0.29) is 17.2 Å². The topological polar surface area (TPSA) is 83.7 Å². The maximum Gasteiger partial charge on any atom is 0.274 e. The Hall–Kier alpha value is -2.92. The van der Waals surface area contributed by atoms with Gasteiger partial charge < -0.3 is 9.47 Å². The number of ether oxygens (including phenoxy) is 2. The maximum absolute atomic E-state index is 13.8. The van der Waals surface area contributed by atoms with Crippen molar-refractivity contribution < 1.29 is 18.7 Å². The lowest BCUT2D eigenvalue weighted by Gasteiger charge is -2.14. The number of hydrogen-bond donors (Lipinski definition) is 1. The Balaban J connectivity index is 2.16. The fourth-order valence-corrected chi connectivity index (χ4v) is 2.57. The normalized spacial score (nSPS) is 10.7. The summed E-state index contributed by atoms with van der Waals surface area (Å²) in [6.45, 7) is 3.81. The average Bonchev–Trinajstić information content (AvgIpc) is 2.62. The molecule has 140 valence electrons. The molecule has 0 spiro atoms. The molecule has 27 heavy (non-hydrogen) atoms. The van der Waals surface area contributed by atoms with Crippen LogP contribution in [0.15, 0.2) is 39.9 Å². The first-order valence-electron chi connectivity index (χ1n) is 7.93. The Morgan fingerprint density at radius 1 is 1.33 bits per heavy atom. The Labute approximate surface area is 164 Å². The van der Waals surface area contributed by atoms with E-state index < -0.39 is 11.7 Å². The molecule has 0 atom stereocenters. The van der Waals surface area contributed by atoms with E-state index in [9.17, 15) is 9.18 Å². The van der Waals surface area contributed by atoms with E-state index in [1.807, 2.05) is 13.8 Å². The summed E-state index contributed by atoms with van der Waals surface area (Å²) in [7, 11) is 1.52. The van der Waals surface area contributed by atoms with Crippen molar-refractivity contribution >= 4 is 28.1 Å². The van der Waals surface area contributed by atoms with E-state index in [1.165, 1.54) is 25.5 Å². The fourth-order valence-electron chi connectivity index (χ4n) is 2.14. The molecule has 1 N–H and O–H groups in total. The molecule has 6 nitrogen and oxygen atoms in total. The second kappa shape index (κ2) is 9.14. The quantitative estimate of drug-likeness (QED) is 0.550. The van der Waals surface area contributed by atoms with E-state index in [1.54, 1.807) is 18.2 Å². The van der Waals surface area contributed by atoms with E-state index in [0.29, 0.717) is 21.5 Å². The van der Waals surface area contributed by atoms with Gasteiger partial charge in [0.1, 0.15) is 5.82 Å². The summed E-state index contributed by atoms with van der Waals surface area (Å²) < 4.78 is 25.5. The van der Waals surface area contributed by atoms with Crippen LogP contribution >= 0.6 is 15.9 Å². The standard InChI is InChI=1S/C19H17BrFN3O3/c1-11(2)27-18-8-15(20)13(7-17(18)26-3)10-23-24-19(25)14-5-4-12(9-22)6-16(14)21/h4-8,10-11H,1-3H3,(H,24,25)/b23-10+. The van der Waals surface area contributed by atoms with Crippen LogP contribution in [0.1, 0.15) is 35.3 Å². The van der Waals surface area contributed by atoms with Crippen molar-refractivity contribution in [1.29, 1.82) is 5.26 Å². The molecule has 1 amide bonds. The molecule has 0 saturated heterocycles. The number of carbonyl (C=O) groups is 1. The van der Waals surface area contributed by atoms with Crippen molar-refractivity contribution in [2.24, 2.45) is 5.10 Å². The van der Waals surface area contributed by atoms with Gasteiger partial charge in [0, 0.05) is 10.0 Å². The largest absolute Gasteiger partial charge is 0.493 e. The zero-order valence-electron chi connectivity index (χ0n) is 14.9. The van der Waals surface area contributed by atoms with Crippen molar-refractivity contribution in [2.75, 3.05) is 7.11 Å². The van der Waals surface area contributed by atoms with E-state index in [0.717, 1.165) is 6.07 Å². The van der Waals surface area contributed by atoms with Gasteiger partial charge in [-0.3, -0.25) is 4.79 Å². The molecule has 8 heteroatoms. The molecule has 0 aromatic heterocycles. The highest BCUT2D eigenvalue weighted by Gasteiger charge is 2.13. The maximum atomic E-state index is 13.8. The molecule has 0 heterocycles. The van der Waals surface area contributed by atoms with E-state index >= 15 is 0 Å². The van der Waals surface area contributed by atoms with Crippen LogP contribution in [0, 0.1) is 17.1 Å². The Bertz CT molecular complexity index is 923. The molecular formula is C19H17BrFN3O3. The molecule has 0 fully saturated rings. The molecule has 0 saturated carbocycles. The number of methoxy groups -OCH3 is 1. The minimum Gasteiger partial charge on any atom is -0.493 e. The lowest BCUT2D eigenvalue weighted by Crippen LogP contribution is -2.19. The number of benzene rings is 2. The number of nitrogens with one attached hydrogen (secondary N) is 1. The summed E-state index contributed by atoms with van der Waals surface area (Å²) >= 11 is 3.41. The predicted molar refractivity (Wildman–Crippen MR) is 103 cm³/mol. The van der Waals surface area contributed by atoms with Gasteiger partial charge in [0.05, 0.1) is 36.6 Å². The van der Waals surface area contributed by atoms with Crippen LogP contribution in [-0.2, 0) is 0 Å². The second-order valence-corrected chi connectivity index (χ2v) is 6.55. The van der Waals surface area contributed by atoms with Gasteiger partial charge in [0.15, 0.2) is 11.5 Å². The Kier molecular flexibility index (Phi) is 6.91. The van der Waals surface area contributed by atoms with Gasteiger partial charge in [0.2, 0.25) is 0 Å². The highest BCUT2D eigenvalue weighted by atomic mass is 79.9. The van der Waals surface area contributed by atoms with Gasteiger partial charge in [-0.05, 0) is 60.1 Å². The minimum absolute atomic E-state index is 0.0214. The van der Waals surface area contributed by atoms with Crippen molar-refractivity contribution in [3.8, 4) is 17.6 Å². The smallest absolute Gasteiger partial charge is 0.274 e. The highest BCUT2D eigenvalue weighted by molar-refractivity contribution is 9.10. The number of hydrazone groups is 1. The average molecular weight is 434 g/mol. The zero-order valence-corrected chi connectivity index (χ0v) is 16.5. The molecule has 0 bridgehead atoms. The second-order valence-electron chi connectivity index (χ2n) is 5.70. The molecular weight excluding hydrogens is 417 g/mol. The third kappa shape index (κ3) is 5.28. The zero-order chi connectivity index (χ0) is 20.0. The molecule has 2 rings (SSSR count). The van der Waals surface area contributed by atoms with Crippen LogP contribution in [0.5, 0.6) is 11.5 Å². The molecule has 0 radical (unpaired) electrons. The van der Waals surface area contributed by atoms with Crippen molar-refractivity contribution in [3.63, 3.8) is 0 Å². The van der Waals surface area contributed by atoms with Crippen LogP contribution in [0.4, 0.5) is 4.39 Å². The molecule has 2 aromatic rings. The van der Waals surface area contributed by atoms with Gasteiger partial charge in [-0.1, -0.05) is 0 Å². The van der Waals surface area contributed by atoms with Gasteiger partial charge >= 0.3 is 0 Å². The molecule has 0 aliphatic carbocycles. The van der Waals surface area contributed by atoms with Gasteiger partial charge in [-0.25, -0.2) is 9.82 Å². The summed E-state index contributed by atoms with van der Waals surface area (Å²) in [6, 6.07) is 8.82. The minimum atomic E-state index is -0.792. The number of halogens is 2. The third-order valence-corrected chi connectivity index (χ3v) is 4.04. The molecule has 0 unspecified atom stereocenters. The van der Waals surface area contributed by atoms with Gasteiger partial charge in [-0.2, -0.15) is 10.4 Å².